The third kappa shape index (κ3) is 4.91. The number of oxime groups is 1. The molecule has 7 heteroatoms. The molecule has 1 rings (SSSR count). The summed E-state index contributed by atoms with van der Waals surface area (Å²) in [5.41, 5.74) is 5.58. The van der Waals surface area contributed by atoms with Gasteiger partial charge in [-0.15, -0.1) is 0 Å². The predicted octanol–water partition coefficient (Wildman–Crippen LogP) is 2.12. The van der Waals surface area contributed by atoms with E-state index in [0.717, 1.165) is 9.35 Å². The normalized spacial score (nSPS) is 12.1. The summed E-state index contributed by atoms with van der Waals surface area (Å²) >= 11 is 4.70. The van der Waals surface area contributed by atoms with Crippen LogP contribution in [0.5, 0.6) is 0 Å². The Kier molecular flexibility index (Phi) is 5.72. The maximum atomic E-state index is 5.58. The Morgan fingerprint density at radius 3 is 3.00 bits per heavy atom. The van der Waals surface area contributed by atoms with Crippen molar-refractivity contribution in [3.05, 3.63) is 15.5 Å². The van der Waals surface area contributed by atoms with Crippen molar-refractivity contribution in [2.24, 2.45) is 10.9 Å². The lowest BCUT2D eigenvalue weighted by molar-refractivity contribution is 0.0991. The monoisotopic (exact) mass is 307 g/mol. The van der Waals surface area contributed by atoms with Gasteiger partial charge in [-0.1, -0.05) is 5.16 Å². The number of hydrogen-bond donors (Lipinski definition) is 1. The summed E-state index contributed by atoms with van der Waals surface area (Å²) in [6, 6.07) is 0. The Morgan fingerprint density at radius 1 is 1.69 bits per heavy atom. The van der Waals surface area contributed by atoms with Crippen molar-refractivity contribution in [3.8, 4) is 0 Å². The molecule has 1 heterocycles. The van der Waals surface area contributed by atoms with Gasteiger partial charge in [0.25, 0.3) is 0 Å². The first kappa shape index (κ1) is 13.4. The van der Waals surface area contributed by atoms with Crippen molar-refractivity contribution in [3.63, 3.8) is 0 Å². The third-order valence-electron chi connectivity index (χ3n) is 1.54. The average molecular weight is 308 g/mol. The van der Waals surface area contributed by atoms with Crippen LogP contribution in [0.25, 0.3) is 0 Å². The molecule has 16 heavy (non-hydrogen) atoms. The highest BCUT2D eigenvalue weighted by molar-refractivity contribution is 9.10. The fourth-order valence-electron chi connectivity index (χ4n) is 0.799. The summed E-state index contributed by atoms with van der Waals surface area (Å²) in [5.74, 6) is 0.328. The minimum absolute atomic E-state index is 0.129. The van der Waals surface area contributed by atoms with Crippen LogP contribution in [-0.2, 0) is 16.2 Å². The average Bonchev–Trinajstić information content (AvgIpc) is 2.61. The van der Waals surface area contributed by atoms with E-state index >= 15 is 0 Å². The van der Waals surface area contributed by atoms with E-state index in [4.69, 9.17) is 15.3 Å². The molecular weight excluding hydrogens is 294 g/mol. The zero-order valence-corrected chi connectivity index (χ0v) is 11.5. The summed E-state index contributed by atoms with van der Waals surface area (Å²) < 4.78 is 10.2. The molecule has 0 atom stereocenters. The Balaban J connectivity index is 2.28. The highest BCUT2D eigenvalue weighted by atomic mass is 79.9. The van der Waals surface area contributed by atoms with Gasteiger partial charge in [-0.05, 0) is 41.3 Å². The van der Waals surface area contributed by atoms with Gasteiger partial charge >= 0.3 is 0 Å². The van der Waals surface area contributed by atoms with E-state index in [1.54, 1.807) is 6.20 Å². The number of nitrogens with zero attached hydrogens (tertiary/aromatic N) is 2. The van der Waals surface area contributed by atoms with Crippen LogP contribution in [-0.4, -0.2) is 22.9 Å². The van der Waals surface area contributed by atoms with Crippen molar-refractivity contribution in [2.45, 2.75) is 26.6 Å². The van der Waals surface area contributed by atoms with Gasteiger partial charge in [-0.3, -0.25) is 0 Å². The maximum absolute atomic E-state index is 5.58. The van der Waals surface area contributed by atoms with Crippen molar-refractivity contribution < 1.29 is 9.57 Å². The Labute approximate surface area is 107 Å². The molecule has 0 aliphatic heterocycles. The highest BCUT2D eigenvalue weighted by Crippen LogP contribution is 2.20. The van der Waals surface area contributed by atoms with Crippen LogP contribution in [0.1, 0.15) is 18.7 Å². The van der Waals surface area contributed by atoms with Gasteiger partial charge in [0.05, 0.1) is 21.7 Å². The lowest BCUT2D eigenvalue weighted by Gasteiger charge is -2.06. The zero-order valence-electron chi connectivity index (χ0n) is 9.14. The van der Waals surface area contributed by atoms with Gasteiger partial charge in [-0.2, -0.15) is 4.37 Å². The van der Waals surface area contributed by atoms with Gasteiger partial charge in [0.2, 0.25) is 0 Å². The number of hydrogen-bond acceptors (Lipinski definition) is 5. The molecule has 0 saturated heterocycles. The maximum Gasteiger partial charge on any atom is 0.165 e. The molecule has 0 radical (unpaired) electrons. The van der Waals surface area contributed by atoms with Crippen LogP contribution in [0.15, 0.2) is 15.8 Å². The van der Waals surface area contributed by atoms with Crippen LogP contribution in [0.4, 0.5) is 0 Å². The lowest BCUT2D eigenvalue weighted by Crippen LogP contribution is -2.21. The second kappa shape index (κ2) is 6.82. The van der Waals surface area contributed by atoms with Crippen molar-refractivity contribution >= 4 is 33.3 Å². The summed E-state index contributed by atoms with van der Waals surface area (Å²) in [6.07, 6.45) is 1.85. The summed E-state index contributed by atoms with van der Waals surface area (Å²) in [6.45, 7) is 4.50. The molecule has 0 aromatic carbocycles. The SMILES string of the molecule is CC(C)OC/C(N)=N/OCc1sncc1Br. The molecule has 0 bridgehead atoms. The van der Waals surface area contributed by atoms with Crippen molar-refractivity contribution in [1.82, 2.24) is 4.37 Å². The first-order chi connectivity index (χ1) is 7.59. The Hall–Kier alpha value is -0.660. The molecule has 0 spiro atoms. The van der Waals surface area contributed by atoms with E-state index < -0.39 is 0 Å². The van der Waals surface area contributed by atoms with Gasteiger partial charge in [0, 0.05) is 0 Å². The first-order valence-electron chi connectivity index (χ1n) is 4.74. The van der Waals surface area contributed by atoms with Crippen molar-refractivity contribution in [1.29, 1.82) is 0 Å². The van der Waals surface area contributed by atoms with Gasteiger partial charge in [0.15, 0.2) is 12.4 Å². The minimum Gasteiger partial charge on any atom is -0.388 e. The molecule has 0 aliphatic rings. The van der Waals surface area contributed by atoms with E-state index in [-0.39, 0.29) is 12.7 Å². The van der Waals surface area contributed by atoms with Crippen LogP contribution in [0.2, 0.25) is 0 Å². The quantitative estimate of drug-likeness (QED) is 0.496. The summed E-state index contributed by atoms with van der Waals surface area (Å²) in [5, 5.41) is 3.74. The Morgan fingerprint density at radius 2 is 2.44 bits per heavy atom. The van der Waals surface area contributed by atoms with Crippen molar-refractivity contribution in [2.75, 3.05) is 6.61 Å². The molecule has 0 fully saturated rings. The second-order valence-electron chi connectivity index (χ2n) is 3.31. The number of ether oxygens (including phenoxy) is 1. The van der Waals surface area contributed by atoms with Gasteiger partial charge in [-0.25, -0.2) is 0 Å². The number of halogens is 1. The van der Waals surface area contributed by atoms with Gasteiger partial charge in [0.1, 0.15) is 6.61 Å². The molecular formula is C9H14BrN3O2S. The predicted molar refractivity (Wildman–Crippen MR) is 67.3 cm³/mol. The number of nitrogens with two attached hydrogens (primary N) is 1. The third-order valence-corrected chi connectivity index (χ3v) is 3.25. The lowest BCUT2D eigenvalue weighted by atomic mass is 10.5. The number of aromatic nitrogens is 1. The van der Waals surface area contributed by atoms with Crippen LogP contribution < -0.4 is 5.73 Å². The van der Waals surface area contributed by atoms with E-state index in [1.807, 2.05) is 13.8 Å². The number of rotatable bonds is 6. The molecule has 5 nitrogen and oxygen atoms in total. The largest absolute Gasteiger partial charge is 0.388 e. The topological polar surface area (TPSA) is 69.7 Å². The first-order valence-corrected chi connectivity index (χ1v) is 6.31. The molecule has 0 saturated carbocycles. The standard InChI is InChI=1S/C9H14BrN3O2S/c1-6(2)14-5-9(11)13-15-4-8-7(10)3-12-16-8/h3,6H,4-5H2,1-2H3,(H2,11,13). The zero-order chi connectivity index (χ0) is 12.0. The molecule has 0 amide bonds. The fraction of sp³-hybridized carbons (Fsp3) is 0.556. The smallest absolute Gasteiger partial charge is 0.165 e. The minimum atomic E-state index is 0.129. The van der Waals surface area contributed by atoms with Crippen LogP contribution in [0, 0.1) is 0 Å². The molecule has 1 aromatic rings. The van der Waals surface area contributed by atoms with E-state index in [9.17, 15) is 0 Å². The molecule has 1 aromatic heterocycles. The van der Waals surface area contributed by atoms with Crippen LogP contribution in [0.3, 0.4) is 0 Å². The van der Waals surface area contributed by atoms with Crippen LogP contribution >= 0.6 is 27.5 Å². The van der Waals surface area contributed by atoms with E-state index in [1.165, 1.54) is 11.5 Å². The number of amidine groups is 1. The fourth-order valence-corrected chi connectivity index (χ4v) is 1.90. The summed E-state index contributed by atoms with van der Waals surface area (Å²) in [4.78, 5) is 6.05. The second-order valence-corrected chi connectivity index (χ2v) is 5.05. The van der Waals surface area contributed by atoms with E-state index in [2.05, 4.69) is 25.5 Å². The Bertz CT molecular complexity index is 354. The molecule has 2 N–H and O–H groups in total. The van der Waals surface area contributed by atoms with E-state index in [0.29, 0.717) is 12.4 Å². The summed E-state index contributed by atoms with van der Waals surface area (Å²) in [7, 11) is 0. The van der Waals surface area contributed by atoms with Gasteiger partial charge < -0.3 is 15.3 Å². The highest BCUT2D eigenvalue weighted by Gasteiger charge is 2.03. The molecule has 0 unspecified atom stereocenters. The molecule has 90 valence electrons. The molecule has 0 aliphatic carbocycles.